The van der Waals surface area contributed by atoms with E-state index in [1.807, 2.05) is 61.5 Å². The van der Waals surface area contributed by atoms with Gasteiger partial charge < -0.3 is 20.1 Å². The molecule has 6 nitrogen and oxygen atoms in total. The van der Waals surface area contributed by atoms with Gasteiger partial charge >= 0.3 is 0 Å². The predicted octanol–water partition coefficient (Wildman–Crippen LogP) is 5.00. The number of thioether (sulfide) groups is 1. The summed E-state index contributed by atoms with van der Waals surface area (Å²) in [7, 11) is 3.12. The third-order valence-electron chi connectivity index (χ3n) is 4.69. The molecular formula is C25H26N2O4S. The Morgan fingerprint density at radius 2 is 1.62 bits per heavy atom. The van der Waals surface area contributed by atoms with E-state index in [-0.39, 0.29) is 17.1 Å². The summed E-state index contributed by atoms with van der Waals surface area (Å²) < 4.78 is 10.5. The van der Waals surface area contributed by atoms with E-state index >= 15 is 0 Å². The number of hydrogen-bond acceptors (Lipinski definition) is 5. The molecule has 0 aliphatic carbocycles. The molecule has 3 aromatic carbocycles. The minimum Gasteiger partial charge on any atom is -0.497 e. The van der Waals surface area contributed by atoms with Gasteiger partial charge in [-0.2, -0.15) is 0 Å². The van der Waals surface area contributed by atoms with Crippen molar-refractivity contribution in [1.82, 2.24) is 0 Å². The highest BCUT2D eigenvalue weighted by Gasteiger charge is 2.17. The van der Waals surface area contributed by atoms with Crippen LogP contribution in [0.5, 0.6) is 11.5 Å². The van der Waals surface area contributed by atoms with Gasteiger partial charge in [0.05, 0.1) is 31.6 Å². The molecule has 0 heterocycles. The number of ether oxygens (including phenoxy) is 2. The molecule has 1 unspecified atom stereocenters. The van der Waals surface area contributed by atoms with E-state index in [9.17, 15) is 9.59 Å². The summed E-state index contributed by atoms with van der Waals surface area (Å²) >= 11 is 1.43. The summed E-state index contributed by atoms with van der Waals surface area (Å²) in [5.74, 6) is 0.969. The average Bonchev–Trinajstić information content (AvgIpc) is 2.80. The van der Waals surface area contributed by atoms with Crippen LogP contribution >= 0.6 is 11.8 Å². The van der Waals surface area contributed by atoms with E-state index in [0.29, 0.717) is 29.3 Å². The maximum absolute atomic E-state index is 12.7. The van der Waals surface area contributed by atoms with Crippen molar-refractivity contribution in [1.29, 1.82) is 0 Å². The molecule has 3 rings (SSSR count). The lowest BCUT2D eigenvalue weighted by atomic mass is 10.1. The van der Waals surface area contributed by atoms with Crippen LogP contribution in [-0.4, -0.2) is 31.3 Å². The van der Waals surface area contributed by atoms with Crippen molar-refractivity contribution >= 4 is 35.0 Å². The molecule has 7 heteroatoms. The number of hydrogen-bond donors (Lipinski definition) is 2. The normalized spacial score (nSPS) is 11.3. The first-order chi connectivity index (χ1) is 15.5. The van der Waals surface area contributed by atoms with Crippen molar-refractivity contribution in [2.45, 2.75) is 23.5 Å². The topological polar surface area (TPSA) is 76.7 Å². The van der Waals surface area contributed by atoms with Gasteiger partial charge in [-0.15, -0.1) is 11.8 Å². The van der Waals surface area contributed by atoms with Gasteiger partial charge in [-0.3, -0.25) is 9.59 Å². The molecular weight excluding hydrogens is 424 g/mol. The van der Waals surface area contributed by atoms with Gasteiger partial charge in [-0.1, -0.05) is 30.3 Å². The molecule has 0 spiro atoms. The van der Waals surface area contributed by atoms with Crippen molar-refractivity contribution in [2.24, 2.45) is 0 Å². The smallest absolute Gasteiger partial charge is 0.237 e. The summed E-state index contributed by atoms with van der Waals surface area (Å²) in [6, 6.07) is 22.3. The van der Waals surface area contributed by atoms with Gasteiger partial charge in [-0.05, 0) is 48.9 Å². The number of nitrogens with one attached hydrogen (secondary N) is 2. The number of rotatable bonds is 9. The molecule has 1 atom stereocenters. The number of benzene rings is 3. The van der Waals surface area contributed by atoms with Crippen LogP contribution in [0.1, 0.15) is 12.5 Å². The highest BCUT2D eigenvalue weighted by Crippen LogP contribution is 2.31. The van der Waals surface area contributed by atoms with E-state index < -0.39 is 0 Å². The van der Waals surface area contributed by atoms with E-state index in [2.05, 4.69) is 10.6 Å². The molecule has 3 aromatic rings. The minimum atomic E-state index is -0.343. The van der Waals surface area contributed by atoms with Crippen molar-refractivity contribution in [3.63, 3.8) is 0 Å². The van der Waals surface area contributed by atoms with Crippen LogP contribution in [0.3, 0.4) is 0 Å². The first kappa shape index (κ1) is 23.2. The molecule has 0 bridgehead atoms. The van der Waals surface area contributed by atoms with Gasteiger partial charge in [-0.25, -0.2) is 0 Å². The lowest BCUT2D eigenvalue weighted by Gasteiger charge is -2.15. The SMILES string of the molecule is COc1ccc(OC)c(NC(=O)C(C)Sc2ccc(NC(=O)Cc3ccccc3)cc2)c1. The summed E-state index contributed by atoms with van der Waals surface area (Å²) in [5.41, 5.74) is 2.24. The lowest BCUT2D eigenvalue weighted by molar-refractivity contribution is -0.116. The first-order valence-corrected chi connectivity index (χ1v) is 11.0. The fraction of sp³-hybridized carbons (Fsp3) is 0.200. The third-order valence-corrected chi connectivity index (χ3v) is 5.80. The molecule has 0 aromatic heterocycles. The quantitative estimate of drug-likeness (QED) is 0.449. The Morgan fingerprint density at radius 1 is 0.906 bits per heavy atom. The van der Waals surface area contributed by atoms with E-state index in [1.54, 1.807) is 32.4 Å². The molecule has 0 radical (unpaired) electrons. The van der Waals surface area contributed by atoms with E-state index in [1.165, 1.54) is 11.8 Å². The third kappa shape index (κ3) is 6.52. The second-order valence-electron chi connectivity index (χ2n) is 7.05. The van der Waals surface area contributed by atoms with E-state index in [4.69, 9.17) is 9.47 Å². The lowest BCUT2D eigenvalue weighted by Crippen LogP contribution is -2.22. The Labute approximate surface area is 192 Å². The van der Waals surface area contributed by atoms with Crippen molar-refractivity contribution in [3.8, 4) is 11.5 Å². The second kappa shape index (κ2) is 11.2. The van der Waals surface area contributed by atoms with E-state index in [0.717, 1.165) is 10.5 Å². The molecule has 2 amide bonds. The second-order valence-corrected chi connectivity index (χ2v) is 8.46. The van der Waals surface area contributed by atoms with Crippen molar-refractivity contribution in [3.05, 3.63) is 78.4 Å². The van der Waals surface area contributed by atoms with Crippen LogP contribution < -0.4 is 20.1 Å². The Morgan fingerprint density at radius 3 is 2.28 bits per heavy atom. The minimum absolute atomic E-state index is 0.0726. The molecule has 0 saturated heterocycles. The summed E-state index contributed by atoms with van der Waals surface area (Å²) in [4.78, 5) is 25.8. The predicted molar refractivity (Wildman–Crippen MR) is 129 cm³/mol. The maximum atomic E-state index is 12.7. The van der Waals surface area contributed by atoms with Gasteiger partial charge in [0, 0.05) is 16.6 Å². The molecule has 0 aliphatic heterocycles. The molecule has 0 fully saturated rings. The first-order valence-electron chi connectivity index (χ1n) is 10.1. The number of anilines is 2. The summed E-state index contributed by atoms with van der Waals surface area (Å²) in [6.07, 6.45) is 0.322. The highest BCUT2D eigenvalue weighted by atomic mass is 32.2. The Balaban J connectivity index is 1.55. The van der Waals surface area contributed by atoms with Gasteiger partial charge in [0.1, 0.15) is 11.5 Å². The van der Waals surface area contributed by atoms with Crippen LogP contribution in [0.2, 0.25) is 0 Å². The molecule has 2 N–H and O–H groups in total. The molecule has 32 heavy (non-hydrogen) atoms. The molecule has 0 saturated carbocycles. The van der Waals surface area contributed by atoms with Crippen molar-refractivity contribution in [2.75, 3.05) is 24.9 Å². The van der Waals surface area contributed by atoms with Crippen LogP contribution in [0.15, 0.2) is 77.7 Å². The van der Waals surface area contributed by atoms with Gasteiger partial charge in [0.2, 0.25) is 11.8 Å². The summed E-state index contributed by atoms with van der Waals surface area (Å²) in [6.45, 7) is 1.84. The van der Waals surface area contributed by atoms with Crippen LogP contribution in [0, 0.1) is 0 Å². The Kier molecular flexibility index (Phi) is 8.16. The number of carbonyl (C=O) groups excluding carboxylic acids is 2. The molecule has 166 valence electrons. The zero-order valence-corrected chi connectivity index (χ0v) is 19.1. The zero-order valence-electron chi connectivity index (χ0n) is 18.3. The van der Waals surface area contributed by atoms with Gasteiger partial charge in [0.25, 0.3) is 0 Å². The largest absolute Gasteiger partial charge is 0.497 e. The molecule has 0 aliphatic rings. The fourth-order valence-electron chi connectivity index (χ4n) is 3.01. The van der Waals surface area contributed by atoms with Crippen molar-refractivity contribution < 1.29 is 19.1 Å². The monoisotopic (exact) mass is 450 g/mol. The Hall–Kier alpha value is -3.45. The number of methoxy groups -OCH3 is 2. The highest BCUT2D eigenvalue weighted by molar-refractivity contribution is 8.00. The fourth-order valence-corrected chi connectivity index (χ4v) is 3.87. The summed E-state index contributed by atoms with van der Waals surface area (Å²) in [5, 5.41) is 5.45. The maximum Gasteiger partial charge on any atom is 0.237 e. The number of carbonyl (C=O) groups is 2. The van der Waals surface area contributed by atoms with Crippen LogP contribution in [-0.2, 0) is 16.0 Å². The van der Waals surface area contributed by atoms with Gasteiger partial charge in [0.15, 0.2) is 0 Å². The Bertz CT molecular complexity index is 1060. The average molecular weight is 451 g/mol. The van der Waals surface area contributed by atoms with Crippen LogP contribution in [0.4, 0.5) is 11.4 Å². The number of amides is 2. The standard InChI is InChI=1S/C25H26N2O4S/c1-17(25(29)27-22-16-20(30-2)11-14-23(22)31-3)32-21-12-9-19(10-13-21)26-24(28)15-18-7-5-4-6-8-18/h4-14,16-17H,15H2,1-3H3,(H,26,28)(H,27,29). The zero-order chi connectivity index (χ0) is 22.9. The van der Waals surface area contributed by atoms with Crippen LogP contribution in [0.25, 0.3) is 0 Å².